The number of hydrogen-bond donors (Lipinski definition) is 1. The lowest BCUT2D eigenvalue weighted by molar-refractivity contribution is -0.136. The van der Waals surface area contributed by atoms with Gasteiger partial charge in [0.25, 0.3) is 0 Å². The summed E-state index contributed by atoms with van der Waals surface area (Å²) < 4.78 is 22.4. The lowest BCUT2D eigenvalue weighted by atomic mass is 10.1. The second kappa shape index (κ2) is 4.20. The van der Waals surface area contributed by atoms with Gasteiger partial charge in [-0.2, -0.15) is 0 Å². The minimum atomic E-state index is -3.33. The van der Waals surface area contributed by atoms with Gasteiger partial charge in [-0.15, -0.1) is 0 Å². The van der Waals surface area contributed by atoms with Crippen LogP contribution in [-0.4, -0.2) is 25.7 Å². The Morgan fingerprint density at radius 3 is 2.53 bits per heavy atom. The van der Waals surface area contributed by atoms with Crippen molar-refractivity contribution < 1.29 is 18.3 Å². The first-order valence-corrected chi connectivity index (χ1v) is 6.28. The van der Waals surface area contributed by atoms with Crippen molar-refractivity contribution in [2.45, 2.75) is 11.3 Å². The lowest BCUT2D eigenvalue weighted by Crippen LogP contribution is -2.03. The highest BCUT2D eigenvalue weighted by Gasteiger charge is 2.11. The zero-order valence-electron chi connectivity index (χ0n) is 7.90. The van der Waals surface area contributed by atoms with Gasteiger partial charge in [0.15, 0.2) is 9.84 Å². The molecule has 1 aromatic carbocycles. The van der Waals surface area contributed by atoms with Gasteiger partial charge in [0, 0.05) is 11.3 Å². The molecule has 15 heavy (non-hydrogen) atoms. The molecule has 1 aromatic rings. The van der Waals surface area contributed by atoms with E-state index in [9.17, 15) is 13.2 Å². The molecule has 0 atom stereocenters. The smallest absolute Gasteiger partial charge is 0.307 e. The Kier molecular flexibility index (Phi) is 3.36. The first-order valence-electron chi connectivity index (χ1n) is 4.01. The molecule has 0 aromatic heterocycles. The molecule has 0 fully saturated rings. The molecule has 6 heteroatoms. The van der Waals surface area contributed by atoms with E-state index in [1.54, 1.807) is 0 Å². The summed E-state index contributed by atoms with van der Waals surface area (Å²) in [5, 5.41) is 8.83. The summed E-state index contributed by atoms with van der Waals surface area (Å²) >= 11 is 5.73. The average molecular weight is 249 g/mol. The van der Waals surface area contributed by atoms with E-state index in [2.05, 4.69) is 0 Å². The third-order valence-corrected chi connectivity index (χ3v) is 3.27. The van der Waals surface area contributed by atoms with E-state index in [4.69, 9.17) is 16.7 Å². The van der Waals surface area contributed by atoms with E-state index >= 15 is 0 Å². The number of carbonyl (C=O) groups is 1. The topological polar surface area (TPSA) is 71.4 Å². The molecule has 0 saturated carbocycles. The molecule has 0 bridgehead atoms. The molecule has 1 rings (SSSR count). The van der Waals surface area contributed by atoms with Gasteiger partial charge in [0.1, 0.15) is 0 Å². The third-order valence-electron chi connectivity index (χ3n) is 1.79. The van der Waals surface area contributed by atoms with E-state index < -0.39 is 15.8 Å². The summed E-state index contributed by atoms with van der Waals surface area (Å²) in [6.07, 6.45) is 0.767. The predicted octanol–water partition coefficient (Wildman–Crippen LogP) is 1.37. The molecule has 0 unspecified atom stereocenters. The number of aliphatic carboxylic acids is 1. The minimum absolute atomic E-state index is 0.0724. The number of carboxylic acids is 1. The van der Waals surface area contributed by atoms with Crippen LogP contribution in [0.1, 0.15) is 5.56 Å². The van der Waals surface area contributed by atoms with E-state index in [0.717, 1.165) is 6.26 Å². The van der Waals surface area contributed by atoms with Gasteiger partial charge in [-0.1, -0.05) is 11.6 Å². The average Bonchev–Trinajstić information content (AvgIpc) is 2.06. The highest BCUT2D eigenvalue weighted by atomic mass is 35.5. The molecular formula is C9H9ClO4S. The number of carboxylic acid groups (broad SMARTS) is 1. The van der Waals surface area contributed by atoms with Crippen molar-refractivity contribution in [3.63, 3.8) is 0 Å². The van der Waals surface area contributed by atoms with Crippen molar-refractivity contribution in [3.8, 4) is 0 Å². The molecule has 0 heterocycles. The van der Waals surface area contributed by atoms with Crippen LogP contribution in [0.15, 0.2) is 23.1 Å². The number of benzene rings is 1. The van der Waals surface area contributed by atoms with Crippen LogP contribution in [0.5, 0.6) is 0 Å². The summed E-state index contributed by atoms with van der Waals surface area (Å²) in [5.41, 5.74) is 0.298. The van der Waals surface area contributed by atoms with Crippen LogP contribution in [0, 0.1) is 0 Å². The van der Waals surface area contributed by atoms with Gasteiger partial charge in [0.2, 0.25) is 0 Å². The molecule has 0 aliphatic heterocycles. The molecule has 4 nitrogen and oxygen atoms in total. The van der Waals surface area contributed by atoms with Crippen LogP contribution in [-0.2, 0) is 21.1 Å². The Bertz CT molecular complexity index is 493. The Hall–Kier alpha value is -1.07. The van der Waals surface area contributed by atoms with Crippen LogP contribution in [0.25, 0.3) is 0 Å². The Labute approximate surface area is 92.4 Å². The highest BCUT2D eigenvalue weighted by Crippen LogP contribution is 2.20. The van der Waals surface area contributed by atoms with Crippen LogP contribution in [0.4, 0.5) is 0 Å². The Balaban J connectivity index is 3.23. The molecule has 0 aliphatic rings. The summed E-state index contributed by atoms with van der Waals surface area (Å²) in [4.78, 5) is 10.5. The van der Waals surface area contributed by atoms with Gasteiger partial charge in [-0.05, 0) is 23.8 Å². The monoisotopic (exact) mass is 248 g/mol. The van der Waals surface area contributed by atoms with Crippen molar-refractivity contribution in [2.75, 3.05) is 6.26 Å². The summed E-state index contributed by atoms with van der Waals surface area (Å²) in [5.74, 6) is -1.05. The standard InChI is InChI=1S/C9H9ClO4S/c1-15(13,14)7-2-3-8(10)6(4-7)5-9(11)12/h2-4H,5H2,1H3,(H,11,12). The number of hydrogen-bond acceptors (Lipinski definition) is 3. The maximum atomic E-state index is 11.2. The largest absolute Gasteiger partial charge is 0.481 e. The summed E-state index contributed by atoms with van der Waals surface area (Å²) in [7, 11) is -3.33. The van der Waals surface area contributed by atoms with Crippen LogP contribution >= 0.6 is 11.6 Å². The second-order valence-corrected chi connectivity index (χ2v) is 5.52. The van der Waals surface area contributed by atoms with Crippen molar-refractivity contribution in [1.82, 2.24) is 0 Å². The fraction of sp³-hybridized carbons (Fsp3) is 0.222. The van der Waals surface area contributed by atoms with Crippen LogP contribution in [0.3, 0.4) is 0 Å². The van der Waals surface area contributed by atoms with Gasteiger partial charge in [-0.25, -0.2) is 8.42 Å². The molecule has 0 aliphatic carbocycles. The molecular weight excluding hydrogens is 240 g/mol. The third kappa shape index (κ3) is 3.21. The van der Waals surface area contributed by atoms with Crippen LogP contribution < -0.4 is 0 Å². The van der Waals surface area contributed by atoms with Crippen LogP contribution in [0.2, 0.25) is 5.02 Å². The molecule has 1 N–H and O–H groups in total. The van der Waals surface area contributed by atoms with Gasteiger partial charge >= 0.3 is 5.97 Å². The van der Waals surface area contributed by atoms with E-state index in [1.165, 1.54) is 18.2 Å². The summed E-state index contributed by atoms with van der Waals surface area (Å²) in [6, 6.07) is 4.02. The first-order chi connectivity index (χ1) is 6.80. The molecule has 0 amide bonds. The Morgan fingerprint density at radius 1 is 1.47 bits per heavy atom. The number of halogens is 1. The van der Waals surface area contributed by atoms with Gasteiger partial charge in [0.05, 0.1) is 11.3 Å². The van der Waals surface area contributed by atoms with Gasteiger partial charge < -0.3 is 5.11 Å². The minimum Gasteiger partial charge on any atom is -0.481 e. The fourth-order valence-corrected chi connectivity index (χ4v) is 1.94. The zero-order valence-corrected chi connectivity index (χ0v) is 9.47. The molecule has 0 radical (unpaired) electrons. The van der Waals surface area contributed by atoms with Crippen molar-refractivity contribution in [3.05, 3.63) is 28.8 Å². The van der Waals surface area contributed by atoms with E-state index in [-0.39, 0.29) is 16.3 Å². The van der Waals surface area contributed by atoms with E-state index in [1.807, 2.05) is 0 Å². The molecule has 0 spiro atoms. The molecule has 82 valence electrons. The normalized spacial score (nSPS) is 11.3. The van der Waals surface area contributed by atoms with Crippen molar-refractivity contribution in [2.24, 2.45) is 0 Å². The lowest BCUT2D eigenvalue weighted by Gasteiger charge is -2.04. The van der Waals surface area contributed by atoms with Crippen molar-refractivity contribution >= 4 is 27.4 Å². The zero-order chi connectivity index (χ0) is 11.6. The maximum absolute atomic E-state index is 11.2. The number of sulfone groups is 1. The van der Waals surface area contributed by atoms with Crippen molar-refractivity contribution in [1.29, 1.82) is 0 Å². The van der Waals surface area contributed by atoms with E-state index in [0.29, 0.717) is 5.56 Å². The highest BCUT2D eigenvalue weighted by molar-refractivity contribution is 7.90. The first kappa shape index (κ1) is 12.0. The maximum Gasteiger partial charge on any atom is 0.307 e. The SMILES string of the molecule is CS(=O)(=O)c1ccc(Cl)c(CC(=O)O)c1. The predicted molar refractivity (Wildman–Crippen MR) is 55.9 cm³/mol. The quantitative estimate of drug-likeness (QED) is 0.877. The second-order valence-electron chi connectivity index (χ2n) is 3.10. The fourth-order valence-electron chi connectivity index (χ4n) is 1.08. The number of rotatable bonds is 3. The summed E-state index contributed by atoms with van der Waals surface area (Å²) in [6.45, 7) is 0. The Morgan fingerprint density at radius 2 is 2.07 bits per heavy atom. The molecule has 0 saturated heterocycles. The van der Waals surface area contributed by atoms with Gasteiger partial charge in [-0.3, -0.25) is 4.79 Å².